The van der Waals surface area contributed by atoms with E-state index in [4.69, 9.17) is 4.74 Å². The van der Waals surface area contributed by atoms with Gasteiger partial charge in [0.2, 0.25) is 0 Å². The number of hydrogen-bond donors (Lipinski definition) is 2. The van der Waals surface area contributed by atoms with Gasteiger partial charge in [-0.25, -0.2) is 4.68 Å². The standard InChI is InChI=1S/C20H24F3N5O2/c1-26-6-8-27(9-7-26)19(29)16-12-18-24-15(13-4-3-5-14(10-13)30-2)11-17(20(21,22)23)28(18)25-16/h3-5,10,12,15,17,24H,6-9,11H2,1-2H3/p+1/t15-,17-/m1/s1. The first kappa shape index (κ1) is 20.5. The minimum atomic E-state index is -4.49. The molecule has 1 amide bonds. The normalized spacial score (nSPS) is 22.4. The van der Waals surface area contributed by atoms with Crippen molar-refractivity contribution in [1.82, 2.24) is 14.7 Å². The average molecular weight is 424 g/mol. The number of likely N-dealkylation sites (N-methyl/N-ethyl adjacent to an activating group) is 1. The molecule has 10 heteroatoms. The van der Waals surface area contributed by atoms with Gasteiger partial charge in [-0.1, -0.05) is 12.1 Å². The van der Waals surface area contributed by atoms with E-state index in [-0.39, 0.29) is 23.8 Å². The molecule has 1 aromatic heterocycles. The van der Waals surface area contributed by atoms with Crippen LogP contribution in [0.5, 0.6) is 5.75 Å². The van der Waals surface area contributed by atoms with Gasteiger partial charge >= 0.3 is 6.18 Å². The lowest BCUT2D eigenvalue weighted by molar-refractivity contribution is -0.883. The van der Waals surface area contributed by atoms with Gasteiger partial charge in [-0.3, -0.25) is 4.79 Å². The molecule has 162 valence electrons. The molecule has 2 aliphatic rings. The molecule has 2 N–H and O–H groups in total. The summed E-state index contributed by atoms with van der Waals surface area (Å²) in [6.07, 6.45) is -4.71. The topological polar surface area (TPSA) is 63.8 Å². The monoisotopic (exact) mass is 424 g/mol. The zero-order chi connectivity index (χ0) is 21.5. The summed E-state index contributed by atoms with van der Waals surface area (Å²) >= 11 is 0. The molecule has 0 bridgehead atoms. The lowest BCUT2D eigenvalue weighted by atomic mass is 9.97. The first-order chi connectivity index (χ1) is 14.3. The molecule has 1 aromatic carbocycles. The van der Waals surface area contributed by atoms with Gasteiger partial charge in [0.15, 0.2) is 11.7 Å². The number of quaternary nitrogens is 1. The van der Waals surface area contributed by atoms with E-state index in [1.807, 2.05) is 7.05 Å². The summed E-state index contributed by atoms with van der Waals surface area (Å²) in [5.74, 6) is 0.439. The highest BCUT2D eigenvalue weighted by molar-refractivity contribution is 5.93. The number of carbonyl (C=O) groups excluding carboxylic acids is 1. The molecule has 1 fully saturated rings. The van der Waals surface area contributed by atoms with Crippen molar-refractivity contribution in [2.75, 3.05) is 45.7 Å². The van der Waals surface area contributed by atoms with Crippen LogP contribution in [0, 0.1) is 0 Å². The second kappa shape index (κ2) is 7.82. The number of piperazine rings is 1. The van der Waals surface area contributed by atoms with E-state index in [0.29, 0.717) is 24.4 Å². The van der Waals surface area contributed by atoms with Crippen molar-refractivity contribution in [3.05, 3.63) is 41.6 Å². The second-order valence-corrected chi connectivity index (χ2v) is 7.88. The minimum absolute atomic E-state index is 0.0394. The Morgan fingerprint density at radius 2 is 2.00 bits per heavy atom. The number of nitrogens with one attached hydrogen (secondary N) is 2. The van der Waals surface area contributed by atoms with Gasteiger partial charge in [0.05, 0.1) is 46.4 Å². The van der Waals surface area contributed by atoms with Crippen molar-refractivity contribution in [2.45, 2.75) is 24.7 Å². The fraction of sp³-hybridized carbons (Fsp3) is 0.500. The van der Waals surface area contributed by atoms with Crippen molar-refractivity contribution < 1.29 is 27.6 Å². The molecule has 0 unspecified atom stereocenters. The summed E-state index contributed by atoms with van der Waals surface area (Å²) in [6, 6.07) is 6.00. The molecule has 3 heterocycles. The Balaban J connectivity index is 1.64. The Hall–Kier alpha value is -2.75. The number of nitrogens with zero attached hydrogens (tertiary/aromatic N) is 3. The van der Waals surface area contributed by atoms with Crippen molar-refractivity contribution >= 4 is 11.7 Å². The van der Waals surface area contributed by atoms with E-state index in [2.05, 4.69) is 10.4 Å². The zero-order valence-electron chi connectivity index (χ0n) is 16.9. The third kappa shape index (κ3) is 3.96. The van der Waals surface area contributed by atoms with Crippen LogP contribution >= 0.6 is 0 Å². The number of alkyl halides is 3. The first-order valence-corrected chi connectivity index (χ1v) is 9.93. The van der Waals surface area contributed by atoms with Crippen molar-refractivity contribution in [1.29, 1.82) is 0 Å². The molecule has 2 aliphatic heterocycles. The summed E-state index contributed by atoms with van der Waals surface area (Å²) in [7, 11) is 3.56. The Morgan fingerprint density at radius 1 is 1.27 bits per heavy atom. The number of anilines is 1. The molecule has 0 saturated carbocycles. The fourth-order valence-electron chi connectivity index (χ4n) is 4.01. The van der Waals surface area contributed by atoms with Crippen molar-refractivity contribution in [3.8, 4) is 5.75 Å². The molecule has 7 nitrogen and oxygen atoms in total. The smallest absolute Gasteiger partial charge is 0.410 e. The van der Waals surface area contributed by atoms with Crippen LogP contribution in [0.15, 0.2) is 30.3 Å². The van der Waals surface area contributed by atoms with E-state index < -0.39 is 18.3 Å². The van der Waals surface area contributed by atoms with Crippen LogP contribution in [-0.2, 0) is 0 Å². The van der Waals surface area contributed by atoms with Gasteiger partial charge in [0, 0.05) is 12.5 Å². The Labute approximate surface area is 172 Å². The Kier molecular flexibility index (Phi) is 5.35. The van der Waals surface area contributed by atoms with Crippen LogP contribution in [0.4, 0.5) is 19.0 Å². The summed E-state index contributed by atoms with van der Waals surface area (Å²) in [5.41, 5.74) is 0.726. The summed E-state index contributed by atoms with van der Waals surface area (Å²) in [5, 5.41) is 7.19. The fourth-order valence-corrected chi connectivity index (χ4v) is 4.01. The van der Waals surface area contributed by atoms with Gasteiger partial charge in [-0.05, 0) is 17.7 Å². The van der Waals surface area contributed by atoms with E-state index in [1.165, 1.54) is 18.1 Å². The van der Waals surface area contributed by atoms with Gasteiger partial charge in [-0.2, -0.15) is 18.3 Å². The molecular formula is C20H25F3N5O2+. The minimum Gasteiger partial charge on any atom is -0.497 e. The van der Waals surface area contributed by atoms with E-state index in [1.54, 1.807) is 29.2 Å². The van der Waals surface area contributed by atoms with Crippen LogP contribution in [0.1, 0.15) is 34.6 Å². The number of ether oxygens (including phenoxy) is 1. The maximum Gasteiger partial charge on any atom is 0.410 e. The van der Waals surface area contributed by atoms with Crippen LogP contribution in [0.2, 0.25) is 0 Å². The average Bonchev–Trinajstić information content (AvgIpc) is 3.16. The molecule has 2 atom stereocenters. The predicted octanol–water partition coefficient (Wildman–Crippen LogP) is 1.52. The second-order valence-electron chi connectivity index (χ2n) is 7.88. The maximum absolute atomic E-state index is 13.9. The highest BCUT2D eigenvalue weighted by Gasteiger charge is 2.47. The summed E-state index contributed by atoms with van der Waals surface area (Å²) in [4.78, 5) is 15.8. The Morgan fingerprint density at radius 3 is 2.67 bits per heavy atom. The van der Waals surface area contributed by atoms with Crippen LogP contribution in [-0.4, -0.2) is 67.1 Å². The SMILES string of the molecule is COc1cccc([C@H]2C[C@H](C(F)(F)F)n3nc(C(=O)N4CC[NH+](C)CC4)cc3N2)c1. The lowest BCUT2D eigenvalue weighted by Crippen LogP contribution is -3.12. The maximum atomic E-state index is 13.9. The number of carbonyl (C=O) groups is 1. The molecule has 0 radical (unpaired) electrons. The predicted molar refractivity (Wildman–Crippen MR) is 104 cm³/mol. The first-order valence-electron chi connectivity index (χ1n) is 9.93. The number of fused-ring (bicyclic) bond motifs is 1. The third-order valence-corrected chi connectivity index (χ3v) is 5.81. The number of benzene rings is 1. The van der Waals surface area contributed by atoms with E-state index in [0.717, 1.165) is 17.8 Å². The van der Waals surface area contributed by atoms with Crippen molar-refractivity contribution in [3.63, 3.8) is 0 Å². The number of amides is 1. The van der Waals surface area contributed by atoms with Crippen LogP contribution < -0.4 is 15.0 Å². The quantitative estimate of drug-likeness (QED) is 0.785. The van der Waals surface area contributed by atoms with E-state index in [9.17, 15) is 18.0 Å². The summed E-state index contributed by atoms with van der Waals surface area (Å²) < 4.78 is 47.7. The van der Waals surface area contributed by atoms with Gasteiger partial charge < -0.3 is 19.9 Å². The number of methoxy groups -OCH3 is 1. The van der Waals surface area contributed by atoms with Crippen LogP contribution in [0.25, 0.3) is 0 Å². The van der Waals surface area contributed by atoms with E-state index >= 15 is 0 Å². The molecule has 2 aromatic rings. The highest BCUT2D eigenvalue weighted by Crippen LogP contribution is 2.44. The molecule has 0 aliphatic carbocycles. The number of aromatic nitrogens is 2. The van der Waals surface area contributed by atoms with Crippen LogP contribution in [0.3, 0.4) is 0 Å². The zero-order valence-corrected chi connectivity index (χ0v) is 16.9. The van der Waals surface area contributed by atoms with Gasteiger partial charge in [-0.15, -0.1) is 0 Å². The summed E-state index contributed by atoms with van der Waals surface area (Å²) in [6.45, 7) is 2.74. The molecule has 0 spiro atoms. The molecule has 30 heavy (non-hydrogen) atoms. The molecular weight excluding hydrogens is 399 g/mol. The highest BCUT2D eigenvalue weighted by atomic mass is 19.4. The molecule has 4 rings (SSSR count). The Bertz CT molecular complexity index is 921. The van der Waals surface area contributed by atoms with Gasteiger partial charge in [0.25, 0.3) is 5.91 Å². The number of hydrogen-bond acceptors (Lipinski definition) is 4. The van der Waals surface area contributed by atoms with Gasteiger partial charge in [0.1, 0.15) is 11.6 Å². The number of halogens is 3. The molecule has 1 saturated heterocycles. The number of rotatable bonds is 3. The lowest BCUT2D eigenvalue weighted by Gasteiger charge is -2.33. The van der Waals surface area contributed by atoms with Crippen molar-refractivity contribution in [2.24, 2.45) is 0 Å². The largest absolute Gasteiger partial charge is 0.497 e. The third-order valence-electron chi connectivity index (χ3n) is 5.81.